The highest BCUT2D eigenvalue weighted by atomic mass is 35.5. The molecule has 0 saturated heterocycles. The normalized spacial score (nSPS) is 14.9. The molecule has 1 saturated carbocycles. The average Bonchev–Trinajstić information content (AvgIpc) is 2.87. The molecule has 1 fully saturated rings. The average molecular weight is 513 g/mol. The van der Waals surface area contributed by atoms with E-state index in [9.17, 15) is 9.59 Å². The summed E-state index contributed by atoms with van der Waals surface area (Å²) in [5, 5.41) is 5.97. The van der Waals surface area contributed by atoms with Gasteiger partial charge in [-0.25, -0.2) is 0 Å². The van der Waals surface area contributed by atoms with Crippen molar-refractivity contribution in [2.75, 3.05) is 6.61 Å². The lowest BCUT2D eigenvalue weighted by molar-refractivity contribution is -0.142. The van der Waals surface area contributed by atoms with Gasteiger partial charge in [-0.2, -0.15) is 0 Å². The van der Waals surface area contributed by atoms with Gasteiger partial charge in [0, 0.05) is 33.6 Å². The molecule has 1 aliphatic rings. The van der Waals surface area contributed by atoms with Crippen molar-refractivity contribution in [3.05, 3.63) is 76.3 Å². The molecule has 5 nitrogen and oxygen atoms in total. The lowest BCUT2D eigenvalue weighted by atomic mass is 9.95. The first-order valence-electron chi connectivity index (χ1n) is 12.1. The number of carbonyl (C=O) groups excluding carboxylic acids is 2. The third-order valence-corrected chi connectivity index (χ3v) is 7.32. The molecule has 2 amide bonds. The van der Waals surface area contributed by atoms with Crippen molar-refractivity contribution in [1.82, 2.24) is 10.2 Å². The summed E-state index contributed by atoms with van der Waals surface area (Å²) in [6.07, 6.45) is 5.34. The number of benzene rings is 3. The van der Waals surface area contributed by atoms with Crippen LogP contribution in [0.25, 0.3) is 10.8 Å². The minimum Gasteiger partial charge on any atom is -0.483 e. The lowest BCUT2D eigenvalue weighted by Gasteiger charge is -2.31. The summed E-state index contributed by atoms with van der Waals surface area (Å²) in [6.45, 7) is 1.63. The summed E-state index contributed by atoms with van der Waals surface area (Å²) < 4.78 is 5.95. The highest BCUT2D eigenvalue weighted by Crippen LogP contribution is 2.28. The SMILES string of the molecule is C[C@@H](C(=O)NC1CCCCC1)N(Cc1c(Cl)cccc1Cl)C(=O)COc1cccc2ccccc12. The molecule has 0 unspecified atom stereocenters. The van der Waals surface area contributed by atoms with E-state index in [1.807, 2.05) is 42.5 Å². The Morgan fingerprint density at radius 1 is 0.971 bits per heavy atom. The number of halogens is 2. The number of hydrogen-bond acceptors (Lipinski definition) is 3. The maximum atomic E-state index is 13.5. The van der Waals surface area contributed by atoms with Gasteiger partial charge in [-0.15, -0.1) is 0 Å². The zero-order valence-corrected chi connectivity index (χ0v) is 21.3. The number of nitrogens with zero attached hydrogens (tertiary/aromatic N) is 1. The van der Waals surface area contributed by atoms with Crippen molar-refractivity contribution in [3.8, 4) is 5.75 Å². The smallest absolute Gasteiger partial charge is 0.261 e. The molecular formula is C28H30Cl2N2O3. The van der Waals surface area contributed by atoms with Gasteiger partial charge in [-0.1, -0.05) is 84.9 Å². The number of nitrogens with one attached hydrogen (secondary N) is 1. The van der Waals surface area contributed by atoms with E-state index >= 15 is 0 Å². The molecule has 1 atom stereocenters. The van der Waals surface area contributed by atoms with Crippen LogP contribution in [-0.4, -0.2) is 35.4 Å². The van der Waals surface area contributed by atoms with Crippen LogP contribution in [0.1, 0.15) is 44.6 Å². The Morgan fingerprint density at radius 2 is 1.63 bits per heavy atom. The molecule has 4 rings (SSSR count). The second kappa shape index (κ2) is 11.8. The molecule has 3 aromatic carbocycles. The van der Waals surface area contributed by atoms with Gasteiger partial charge in [0.2, 0.25) is 5.91 Å². The minimum absolute atomic E-state index is 0.107. The Hall–Kier alpha value is -2.76. The fourth-order valence-electron chi connectivity index (χ4n) is 4.55. The maximum absolute atomic E-state index is 13.5. The molecule has 7 heteroatoms. The molecular weight excluding hydrogens is 483 g/mol. The van der Waals surface area contributed by atoms with Gasteiger partial charge >= 0.3 is 0 Å². The molecule has 0 bridgehead atoms. The lowest BCUT2D eigenvalue weighted by Crippen LogP contribution is -2.51. The zero-order chi connectivity index (χ0) is 24.8. The van der Waals surface area contributed by atoms with Gasteiger partial charge in [-0.05, 0) is 43.4 Å². The van der Waals surface area contributed by atoms with Crippen molar-refractivity contribution in [2.45, 2.75) is 57.7 Å². The maximum Gasteiger partial charge on any atom is 0.261 e. The van der Waals surface area contributed by atoms with Crippen LogP contribution >= 0.6 is 23.2 Å². The van der Waals surface area contributed by atoms with Gasteiger partial charge in [0.15, 0.2) is 6.61 Å². The number of fused-ring (bicyclic) bond motifs is 1. The molecule has 35 heavy (non-hydrogen) atoms. The van der Waals surface area contributed by atoms with Crippen molar-refractivity contribution in [1.29, 1.82) is 0 Å². The van der Waals surface area contributed by atoms with Crippen LogP contribution in [0.4, 0.5) is 0 Å². The molecule has 0 aromatic heterocycles. The third kappa shape index (κ3) is 6.28. The first-order valence-corrected chi connectivity index (χ1v) is 12.8. The second-order valence-electron chi connectivity index (χ2n) is 9.01. The predicted octanol–water partition coefficient (Wildman–Crippen LogP) is 6.39. The summed E-state index contributed by atoms with van der Waals surface area (Å²) in [4.78, 5) is 28.1. The third-order valence-electron chi connectivity index (χ3n) is 6.61. The van der Waals surface area contributed by atoms with Crippen LogP contribution in [0.2, 0.25) is 10.0 Å². The van der Waals surface area contributed by atoms with Gasteiger partial charge < -0.3 is 15.0 Å². The zero-order valence-electron chi connectivity index (χ0n) is 19.8. The topological polar surface area (TPSA) is 58.6 Å². The Kier molecular flexibility index (Phi) is 8.53. The number of amides is 2. The van der Waals surface area contributed by atoms with Gasteiger partial charge in [0.1, 0.15) is 11.8 Å². The van der Waals surface area contributed by atoms with Crippen LogP contribution < -0.4 is 10.1 Å². The van der Waals surface area contributed by atoms with E-state index in [4.69, 9.17) is 27.9 Å². The first-order chi connectivity index (χ1) is 16.9. The Bertz CT molecular complexity index is 1170. The monoisotopic (exact) mass is 512 g/mol. The molecule has 1 N–H and O–H groups in total. The number of carbonyl (C=O) groups is 2. The van der Waals surface area contributed by atoms with Crippen molar-refractivity contribution < 1.29 is 14.3 Å². The van der Waals surface area contributed by atoms with E-state index < -0.39 is 6.04 Å². The van der Waals surface area contributed by atoms with Crippen LogP contribution in [0, 0.1) is 0 Å². The van der Waals surface area contributed by atoms with Crippen LogP contribution in [0.5, 0.6) is 5.75 Å². The molecule has 184 valence electrons. The molecule has 3 aromatic rings. The van der Waals surface area contributed by atoms with Crippen molar-refractivity contribution >= 4 is 45.8 Å². The number of hydrogen-bond donors (Lipinski definition) is 1. The Morgan fingerprint density at radius 3 is 2.37 bits per heavy atom. The highest BCUT2D eigenvalue weighted by Gasteiger charge is 2.29. The van der Waals surface area contributed by atoms with E-state index in [-0.39, 0.29) is 31.0 Å². The van der Waals surface area contributed by atoms with E-state index in [2.05, 4.69) is 5.32 Å². The fraction of sp³-hybridized carbons (Fsp3) is 0.357. The number of ether oxygens (including phenoxy) is 1. The van der Waals surface area contributed by atoms with Crippen molar-refractivity contribution in [3.63, 3.8) is 0 Å². The summed E-state index contributed by atoms with van der Waals surface area (Å²) in [7, 11) is 0. The summed E-state index contributed by atoms with van der Waals surface area (Å²) in [6, 6.07) is 18.2. The van der Waals surface area contributed by atoms with Crippen LogP contribution in [0.3, 0.4) is 0 Å². The summed E-state index contributed by atoms with van der Waals surface area (Å²) in [5.74, 6) is 0.116. The minimum atomic E-state index is -0.715. The summed E-state index contributed by atoms with van der Waals surface area (Å²) >= 11 is 12.8. The van der Waals surface area contributed by atoms with E-state index in [1.165, 1.54) is 11.3 Å². The summed E-state index contributed by atoms with van der Waals surface area (Å²) in [5.41, 5.74) is 0.603. The van der Waals surface area contributed by atoms with Gasteiger partial charge in [0.25, 0.3) is 5.91 Å². The van der Waals surface area contributed by atoms with Crippen molar-refractivity contribution in [2.24, 2.45) is 0 Å². The van der Waals surface area contributed by atoms with Crippen LogP contribution in [-0.2, 0) is 16.1 Å². The largest absolute Gasteiger partial charge is 0.483 e. The van der Waals surface area contributed by atoms with E-state index in [0.717, 1.165) is 36.5 Å². The molecule has 0 heterocycles. The van der Waals surface area contributed by atoms with E-state index in [0.29, 0.717) is 21.4 Å². The molecule has 0 spiro atoms. The quantitative estimate of drug-likeness (QED) is 0.380. The molecule has 1 aliphatic carbocycles. The second-order valence-corrected chi connectivity index (χ2v) is 9.82. The fourth-order valence-corrected chi connectivity index (χ4v) is 5.07. The number of rotatable bonds is 8. The van der Waals surface area contributed by atoms with Gasteiger partial charge in [0.05, 0.1) is 0 Å². The first kappa shape index (κ1) is 25.3. The van der Waals surface area contributed by atoms with Gasteiger partial charge in [-0.3, -0.25) is 9.59 Å². The molecule has 0 aliphatic heterocycles. The predicted molar refractivity (Wildman–Crippen MR) is 141 cm³/mol. The van der Waals surface area contributed by atoms with E-state index in [1.54, 1.807) is 25.1 Å². The highest BCUT2D eigenvalue weighted by molar-refractivity contribution is 6.36. The Labute approximate surface area is 216 Å². The van der Waals surface area contributed by atoms with Crippen LogP contribution in [0.15, 0.2) is 60.7 Å². The Balaban J connectivity index is 1.53. The standard InChI is InChI=1S/C28H30Cl2N2O3/c1-19(28(34)31-21-11-3-2-4-12-21)32(17-23-24(29)14-8-15-25(23)30)27(33)18-35-26-16-7-10-20-9-5-6-13-22(20)26/h5-10,13-16,19,21H,2-4,11-12,17-18H2,1H3,(H,31,34)/t19-/m0/s1. The molecule has 0 radical (unpaired) electrons.